The van der Waals surface area contributed by atoms with E-state index in [9.17, 15) is 18.8 Å². The van der Waals surface area contributed by atoms with E-state index in [1.54, 1.807) is 54.6 Å². The smallest absolute Gasteiger partial charge is 0.262 e. The zero-order valence-electron chi connectivity index (χ0n) is 16.0. The molecule has 7 nitrogen and oxygen atoms in total. The van der Waals surface area contributed by atoms with E-state index in [0.29, 0.717) is 28.2 Å². The number of rotatable bonds is 4. The van der Waals surface area contributed by atoms with E-state index in [1.165, 1.54) is 12.1 Å². The third kappa shape index (κ3) is 3.33. The van der Waals surface area contributed by atoms with Crippen LogP contribution in [0.4, 0.5) is 10.1 Å². The Bertz CT molecular complexity index is 1330. The van der Waals surface area contributed by atoms with Crippen LogP contribution < -0.4 is 5.32 Å². The van der Waals surface area contributed by atoms with Gasteiger partial charge in [0.05, 0.1) is 11.1 Å². The minimum atomic E-state index is -0.517. The molecule has 3 aromatic carbocycles. The van der Waals surface area contributed by atoms with Crippen LogP contribution in [0.5, 0.6) is 0 Å². The molecule has 31 heavy (non-hydrogen) atoms. The average Bonchev–Trinajstić information content (AvgIpc) is 3.29. The number of hydrogen-bond donors (Lipinski definition) is 1. The maximum absolute atomic E-state index is 13.1. The van der Waals surface area contributed by atoms with Crippen LogP contribution in [0.3, 0.4) is 0 Å². The number of oxazole rings is 1. The summed E-state index contributed by atoms with van der Waals surface area (Å²) in [7, 11) is 0. The standard InChI is InChI=1S/C23H14FN3O4/c24-14-7-5-13(6-8-14)21-26-18-11-15(9-10-19(18)31-21)25-20(28)12-27-22(29)16-3-1-2-4-17(16)23(27)30/h1-11H,12H2,(H,25,28). The van der Waals surface area contributed by atoms with E-state index in [0.717, 1.165) is 4.90 Å². The Morgan fingerprint density at radius 3 is 2.32 bits per heavy atom. The monoisotopic (exact) mass is 415 g/mol. The number of hydrogen-bond acceptors (Lipinski definition) is 5. The molecule has 0 unspecified atom stereocenters. The first-order valence-electron chi connectivity index (χ1n) is 9.41. The topological polar surface area (TPSA) is 92.5 Å². The Labute approximate surface area is 175 Å². The van der Waals surface area contributed by atoms with Crippen molar-refractivity contribution in [3.05, 3.63) is 83.7 Å². The third-order valence-electron chi connectivity index (χ3n) is 4.94. The molecule has 0 atom stereocenters. The number of amides is 3. The number of fused-ring (bicyclic) bond motifs is 2. The second-order valence-corrected chi connectivity index (χ2v) is 7.00. The maximum Gasteiger partial charge on any atom is 0.262 e. The van der Waals surface area contributed by atoms with Crippen LogP contribution in [0.2, 0.25) is 0 Å². The van der Waals surface area contributed by atoms with Crippen molar-refractivity contribution in [3.63, 3.8) is 0 Å². The predicted octanol–water partition coefficient (Wildman–Crippen LogP) is 3.87. The number of carbonyl (C=O) groups is 3. The number of nitrogens with zero attached hydrogens (tertiary/aromatic N) is 2. The maximum atomic E-state index is 13.1. The summed E-state index contributed by atoms with van der Waals surface area (Å²) in [6.45, 7) is -0.399. The Morgan fingerprint density at radius 1 is 0.968 bits per heavy atom. The highest BCUT2D eigenvalue weighted by atomic mass is 19.1. The highest BCUT2D eigenvalue weighted by molar-refractivity contribution is 6.22. The van der Waals surface area contributed by atoms with E-state index in [4.69, 9.17) is 4.42 Å². The molecular weight excluding hydrogens is 401 g/mol. The van der Waals surface area contributed by atoms with Gasteiger partial charge < -0.3 is 9.73 Å². The van der Waals surface area contributed by atoms with Crippen molar-refractivity contribution in [3.8, 4) is 11.5 Å². The van der Waals surface area contributed by atoms with Crippen molar-refractivity contribution in [1.82, 2.24) is 9.88 Å². The Hall–Kier alpha value is -4.33. The average molecular weight is 415 g/mol. The van der Waals surface area contributed by atoms with Gasteiger partial charge in [-0.3, -0.25) is 19.3 Å². The molecule has 0 fully saturated rings. The van der Waals surface area contributed by atoms with E-state index >= 15 is 0 Å². The molecule has 0 saturated heterocycles. The summed E-state index contributed by atoms with van der Waals surface area (Å²) in [5, 5.41) is 2.67. The summed E-state index contributed by atoms with van der Waals surface area (Å²) in [5.74, 6) is -1.54. The van der Waals surface area contributed by atoms with Gasteiger partial charge in [0.15, 0.2) is 5.58 Å². The van der Waals surface area contributed by atoms with E-state index in [2.05, 4.69) is 10.3 Å². The summed E-state index contributed by atoms with van der Waals surface area (Å²) in [4.78, 5) is 42.6. The molecule has 0 saturated carbocycles. The summed E-state index contributed by atoms with van der Waals surface area (Å²) >= 11 is 0. The fourth-order valence-electron chi connectivity index (χ4n) is 3.45. The molecule has 4 aromatic rings. The van der Waals surface area contributed by atoms with Crippen LogP contribution in [0.15, 0.2) is 71.1 Å². The Kier molecular flexibility index (Phi) is 4.32. The normalized spacial score (nSPS) is 13.0. The first-order valence-corrected chi connectivity index (χ1v) is 9.41. The highest BCUT2D eigenvalue weighted by Crippen LogP contribution is 2.27. The fraction of sp³-hybridized carbons (Fsp3) is 0.0435. The molecule has 2 heterocycles. The number of benzene rings is 3. The summed E-state index contributed by atoms with van der Waals surface area (Å²) in [6, 6.07) is 17.1. The lowest BCUT2D eigenvalue weighted by molar-refractivity contribution is -0.116. The lowest BCUT2D eigenvalue weighted by atomic mass is 10.1. The number of imide groups is 1. The highest BCUT2D eigenvalue weighted by Gasteiger charge is 2.36. The van der Waals surface area contributed by atoms with Gasteiger partial charge in [0.1, 0.15) is 17.9 Å². The van der Waals surface area contributed by atoms with Gasteiger partial charge in [0, 0.05) is 11.3 Å². The first-order chi connectivity index (χ1) is 15.0. The number of carbonyl (C=O) groups excluding carboxylic acids is 3. The SMILES string of the molecule is O=C(CN1C(=O)c2ccccc2C1=O)Nc1ccc2oc(-c3ccc(F)cc3)nc2c1. The van der Waals surface area contributed by atoms with Crippen molar-refractivity contribution in [2.24, 2.45) is 0 Å². The van der Waals surface area contributed by atoms with Crippen molar-refractivity contribution in [1.29, 1.82) is 0 Å². The lowest BCUT2D eigenvalue weighted by Gasteiger charge is -2.13. The molecule has 8 heteroatoms. The van der Waals surface area contributed by atoms with Gasteiger partial charge in [-0.25, -0.2) is 9.37 Å². The van der Waals surface area contributed by atoms with Gasteiger partial charge >= 0.3 is 0 Å². The minimum Gasteiger partial charge on any atom is -0.436 e. The summed E-state index contributed by atoms with van der Waals surface area (Å²) in [5.41, 5.74) is 2.63. The summed E-state index contributed by atoms with van der Waals surface area (Å²) in [6.07, 6.45) is 0. The van der Waals surface area contributed by atoms with Gasteiger partial charge in [-0.15, -0.1) is 0 Å². The van der Waals surface area contributed by atoms with Crippen LogP contribution in [0, 0.1) is 5.82 Å². The van der Waals surface area contributed by atoms with E-state index in [1.807, 2.05) is 0 Å². The lowest BCUT2D eigenvalue weighted by Crippen LogP contribution is -2.37. The van der Waals surface area contributed by atoms with E-state index < -0.39 is 24.3 Å². The molecule has 1 aliphatic heterocycles. The van der Waals surface area contributed by atoms with Gasteiger partial charge in [-0.05, 0) is 54.6 Å². The second-order valence-electron chi connectivity index (χ2n) is 7.00. The second kappa shape index (κ2) is 7.17. The molecule has 5 rings (SSSR count). The van der Waals surface area contributed by atoms with Crippen LogP contribution in [-0.4, -0.2) is 34.2 Å². The van der Waals surface area contributed by atoms with Crippen molar-refractivity contribution in [2.45, 2.75) is 0 Å². The largest absolute Gasteiger partial charge is 0.436 e. The Balaban J connectivity index is 1.32. The first kappa shape index (κ1) is 18.7. The molecule has 1 aliphatic rings. The Morgan fingerprint density at radius 2 is 1.65 bits per heavy atom. The third-order valence-corrected chi connectivity index (χ3v) is 4.94. The minimum absolute atomic E-state index is 0.289. The van der Waals surface area contributed by atoms with Crippen LogP contribution in [-0.2, 0) is 4.79 Å². The zero-order valence-corrected chi connectivity index (χ0v) is 16.0. The molecule has 1 aromatic heterocycles. The molecule has 1 N–H and O–H groups in total. The molecule has 0 bridgehead atoms. The molecule has 0 radical (unpaired) electrons. The molecule has 3 amide bonds. The van der Waals surface area contributed by atoms with Gasteiger partial charge in [0.25, 0.3) is 11.8 Å². The van der Waals surface area contributed by atoms with Gasteiger partial charge in [0.2, 0.25) is 11.8 Å². The zero-order chi connectivity index (χ0) is 21.5. The molecule has 0 aliphatic carbocycles. The quantitative estimate of drug-likeness (QED) is 0.511. The van der Waals surface area contributed by atoms with Crippen molar-refractivity contribution >= 4 is 34.5 Å². The van der Waals surface area contributed by atoms with Crippen molar-refractivity contribution in [2.75, 3.05) is 11.9 Å². The van der Waals surface area contributed by atoms with Crippen LogP contribution >= 0.6 is 0 Å². The van der Waals surface area contributed by atoms with Crippen molar-refractivity contribution < 1.29 is 23.2 Å². The van der Waals surface area contributed by atoms with Gasteiger partial charge in [-0.1, -0.05) is 12.1 Å². The number of anilines is 1. The fourth-order valence-corrected chi connectivity index (χ4v) is 3.45. The van der Waals surface area contributed by atoms with Gasteiger partial charge in [-0.2, -0.15) is 0 Å². The molecule has 152 valence electrons. The van der Waals surface area contributed by atoms with E-state index in [-0.39, 0.29) is 16.9 Å². The summed E-state index contributed by atoms with van der Waals surface area (Å²) < 4.78 is 18.8. The number of nitrogens with one attached hydrogen (secondary N) is 1. The van der Waals surface area contributed by atoms with Crippen LogP contribution in [0.1, 0.15) is 20.7 Å². The molecule has 0 spiro atoms. The van der Waals surface area contributed by atoms with Crippen LogP contribution in [0.25, 0.3) is 22.6 Å². The number of aromatic nitrogens is 1. The molecular formula is C23H14FN3O4. The number of halogens is 1. The predicted molar refractivity (Wildman–Crippen MR) is 110 cm³/mol.